The van der Waals surface area contributed by atoms with E-state index in [4.69, 9.17) is 9.26 Å². The van der Waals surface area contributed by atoms with Crippen molar-refractivity contribution in [1.82, 2.24) is 19.3 Å². The van der Waals surface area contributed by atoms with Crippen molar-refractivity contribution in [3.63, 3.8) is 0 Å². The lowest BCUT2D eigenvalue weighted by molar-refractivity contribution is 0.0693. The summed E-state index contributed by atoms with van der Waals surface area (Å²) in [6.45, 7) is 6.47. The van der Waals surface area contributed by atoms with Crippen LogP contribution in [-0.2, 0) is 16.6 Å². The Balaban J connectivity index is 1.44. The Hall–Kier alpha value is -3.24. The van der Waals surface area contributed by atoms with Gasteiger partial charge in [0.05, 0.1) is 10.5 Å². The van der Waals surface area contributed by atoms with E-state index in [1.165, 1.54) is 4.31 Å². The Morgan fingerprint density at radius 1 is 1.06 bits per heavy atom. The molecule has 0 spiro atoms. The average molecular weight is 471 g/mol. The van der Waals surface area contributed by atoms with Crippen molar-refractivity contribution in [2.75, 3.05) is 26.2 Å². The van der Waals surface area contributed by atoms with Crippen molar-refractivity contribution in [2.45, 2.75) is 32.3 Å². The van der Waals surface area contributed by atoms with Gasteiger partial charge >= 0.3 is 0 Å². The largest absolute Gasteiger partial charge is 0.485 e. The van der Waals surface area contributed by atoms with Gasteiger partial charge in [-0.05, 0) is 43.2 Å². The molecule has 0 N–H and O–H groups in total. The fraction of sp³-hybridized carbons (Fsp3) is 0.348. The summed E-state index contributed by atoms with van der Waals surface area (Å²) in [6, 6.07) is 12.3. The predicted molar refractivity (Wildman–Crippen MR) is 120 cm³/mol. The molecule has 33 heavy (non-hydrogen) atoms. The highest BCUT2D eigenvalue weighted by atomic mass is 32.2. The molecule has 1 aliphatic heterocycles. The third kappa shape index (κ3) is 4.91. The zero-order valence-corrected chi connectivity index (χ0v) is 19.6. The standard InChI is InChI=1S/C23H26N4O5S/c1-16-8-9-17(2)21(14-16)33(29,30)27-12-10-26(11-13-27)23(28)19-6-4-5-7-20(19)31-15-22-24-18(3)32-25-22/h4-9,14H,10-13,15H2,1-3H3. The fourth-order valence-corrected chi connectivity index (χ4v) is 5.47. The lowest BCUT2D eigenvalue weighted by Crippen LogP contribution is -2.50. The van der Waals surface area contributed by atoms with E-state index in [1.54, 1.807) is 49.1 Å². The lowest BCUT2D eigenvalue weighted by atomic mass is 10.1. The Labute approximate surface area is 193 Å². The number of para-hydroxylation sites is 1. The second-order valence-electron chi connectivity index (χ2n) is 7.98. The van der Waals surface area contributed by atoms with E-state index in [1.807, 2.05) is 19.1 Å². The van der Waals surface area contributed by atoms with Crippen molar-refractivity contribution in [2.24, 2.45) is 0 Å². The first-order valence-electron chi connectivity index (χ1n) is 10.6. The molecule has 0 bridgehead atoms. The van der Waals surface area contributed by atoms with Gasteiger partial charge in [-0.1, -0.05) is 29.4 Å². The summed E-state index contributed by atoms with van der Waals surface area (Å²) in [5, 5.41) is 3.79. The fourth-order valence-electron chi connectivity index (χ4n) is 3.74. The average Bonchev–Trinajstić information content (AvgIpc) is 3.24. The number of ether oxygens (including phenoxy) is 1. The third-order valence-electron chi connectivity index (χ3n) is 5.53. The van der Waals surface area contributed by atoms with Gasteiger partial charge in [-0.3, -0.25) is 4.79 Å². The zero-order chi connectivity index (χ0) is 23.6. The van der Waals surface area contributed by atoms with Crippen molar-refractivity contribution < 1.29 is 22.5 Å². The van der Waals surface area contributed by atoms with E-state index in [-0.39, 0.29) is 25.6 Å². The monoisotopic (exact) mass is 470 g/mol. The quantitative estimate of drug-likeness (QED) is 0.545. The van der Waals surface area contributed by atoms with E-state index in [0.29, 0.717) is 46.6 Å². The van der Waals surface area contributed by atoms with Gasteiger partial charge < -0.3 is 14.2 Å². The molecular formula is C23H26N4O5S. The Morgan fingerprint density at radius 3 is 2.48 bits per heavy atom. The molecule has 1 aliphatic rings. The van der Waals surface area contributed by atoms with Crippen LogP contribution in [-0.4, -0.2) is 59.8 Å². The number of benzene rings is 2. The number of hydrogen-bond acceptors (Lipinski definition) is 7. The normalized spacial score (nSPS) is 14.9. The molecule has 0 unspecified atom stereocenters. The molecule has 0 atom stereocenters. The molecule has 0 aliphatic carbocycles. The zero-order valence-electron chi connectivity index (χ0n) is 18.8. The molecule has 9 nitrogen and oxygen atoms in total. The predicted octanol–water partition coefficient (Wildman–Crippen LogP) is 2.72. The molecule has 3 aromatic rings. The number of amides is 1. The van der Waals surface area contributed by atoms with Crippen molar-refractivity contribution in [3.8, 4) is 5.75 Å². The summed E-state index contributed by atoms with van der Waals surface area (Å²) in [6.07, 6.45) is 0. The first kappa shape index (κ1) is 22.9. The summed E-state index contributed by atoms with van der Waals surface area (Å²) >= 11 is 0. The molecular weight excluding hydrogens is 444 g/mol. The van der Waals surface area contributed by atoms with E-state index >= 15 is 0 Å². The lowest BCUT2D eigenvalue weighted by Gasteiger charge is -2.34. The minimum Gasteiger partial charge on any atom is -0.485 e. The van der Waals surface area contributed by atoms with Gasteiger partial charge in [0.25, 0.3) is 5.91 Å². The second-order valence-corrected chi connectivity index (χ2v) is 9.89. The van der Waals surface area contributed by atoms with Crippen molar-refractivity contribution >= 4 is 15.9 Å². The minimum atomic E-state index is -3.63. The summed E-state index contributed by atoms with van der Waals surface area (Å²) in [5.41, 5.74) is 2.01. The number of aromatic nitrogens is 2. The highest BCUT2D eigenvalue weighted by molar-refractivity contribution is 7.89. The molecule has 1 aromatic heterocycles. The van der Waals surface area contributed by atoms with Gasteiger partial charge in [-0.2, -0.15) is 9.29 Å². The van der Waals surface area contributed by atoms with Crippen LogP contribution in [0.15, 0.2) is 51.9 Å². The van der Waals surface area contributed by atoms with Crippen LogP contribution in [0, 0.1) is 20.8 Å². The number of piperazine rings is 1. The van der Waals surface area contributed by atoms with E-state index in [0.717, 1.165) is 5.56 Å². The van der Waals surface area contributed by atoms with E-state index in [2.05, 4.69) is 10.1 Å². The molecule has 2 heterocycles. The maximum Gasteiger partial charge on any atom is 0.257 e. The van der Waals surface area contributed by atoms with Crippen LogP contribution < -0.4 is 4.74 Å². The van der Waals surface area contributed by atoms with Gasteiger partial charge in [-0.15, -0.1) is 0 Å². The summed E-state index contributed by atoms with van der Waals surface area (Å²) < 4.78 is 38.5. The number of hydrogen-bond donors (Lipinski definition) is 0. The molecule has 2 aromatic carbocycles. The van der Waals surface area contributed by atoms with Gasteiger partial charge in [0.1, 0.15) is 5.75 Å². The maximum atomic E-state index is 13.2. The third-order valence-corrected chi connectivity index (χ3v) is 7.57. The number of carbonyl (C=O) groups is 1. The Morgan fingerprint density at radius 2 is 1.79 bits per heavy atom. The molecule has 10 heteroatoms. The number of nitrogens with zero attached hydrogens (tertiary/aromatic N) is 4. The molecule has 1 amide bonds. The number of carbonyl (C=O) groups excluding carboxylic acids is 1. The van der Waals surface area contributed by atoms with Crippen LogP contribution in [0.25, 0.3) is 0 Å². The van der Waals surface area contributed by atoms with Crippen LogP contribution in [0.5, 0.6) is 5.75 Å². The van der Waals surface area contributed by atoms with Crippen LogP contribution in [0.3, 0.4) is 0 Å². The van der Waals surface area contributed by atoms with E-state index < -0.39 is 10.0 Å². The van der Waals surface area contributed by atoms with E-state index in [9.17, 15) is 13.2 Å². The molecule has 174 valence electrons. The summed E-state index contributed by atoms with van der Waals surface area (Å²) in [7, 11) is -3.63. The van der Waals surface area contributed by atoms with Crippen LogP contribution >= 0.6 is 0 Å². The van der Waals surface area contributed by atoms with Crippen LogP contribution in [0.4, 0.5) is 0 Å². The van der Waals surface area contributed by atoms with Gasteiger partial charge in [-0.25, -0.2) is 8.42 Å². The van der Waals surface area contributed by atoms with Gasteiger partial charge in [0.15, 0.2) is 6.61 Å². The second kappa shape index (κ2) is 9.32. The molecule has 4 rings (SSSR count). The smallest absolute Gasteiger partial charge is 0.257 e. The highest BCUT2D eigenvalue weighted by Crippen LogP contribution is 2.25. The van der Waals surface area contributed by atoms with Crippen LogP contribution in [0.1, 0.15) is 33.2 Å². The van der Waals surface area contributed by atoms with Crippen molar-refractivity contribution in [3.05, 3.63) is 70.9 Å². The molecule has 1 fully saturated rings. The SMILES string of the molecule is Cc1ccc(C)c(S(=O)(=O)N2CCN(C(=O)c3ccccc3OCc3noc(C)n3)CC2)c1. The topological polar surface area (TPSA) is 106 Å². The Kier molecular flexibility index (Phi) is 6.48. The molecule has 0 radical (unpaired) electrons. The van der Waals surface area contributed by atoms with Gasteiger partial charge in [0.2, 0.25) is 21.7 Å². The summed E-state index contributed by atoms with van der Waals surface area (Å²) in [5.74, 6) is 1.03. The minimum absolute atomic E-state index is 0.0729. The maximum absolute atomic E-state index is 13.2. The number of aryl methyl sites for hydroxylation is 3. The van der Waals surface area contributed by atoms with Crippen LogP contribution in [0.2, 0.25) is 0 Å². The Bertz CT molecular complexity index is 1260. The first-order valence-corrected chi connectivity index (χ1v) is 12.1. The number of sulfonamides is 1. The van der Waals surface area contributed by atoms with Crippen molar-refractivity contribution in [1.29, 1.82) is 0 Å². The number of rotatable bonds is 6. The first-order chi connectivity index (χ1) is 15.8. The van der Waals surface area contributed by atoms with Gasteiger partial charge in [0, 0.05) is 33.1 Å². The molecule has 1 saturated heterocycles. The summed E-state index contributed by atoms with van der Waals surface area (Å²) in [4.78, 5) is 19.3. The highest BCUT2D eigenvalue weighted by Gasteiger charge is 2.32. The molecule has 0 saturated carbocycles.